The van der Waals surface area contributed by atoms with Gasteiger partial charge in [0.2, 0.25) is 0 Å². The number of aryl methyl sites for hydroxylation is 1. The third-order valence-corrected chi connectivity index (χ3v) is 4.03. The van der Waals surface area contributed by atoms with Crippen LogP contribution in [0.4, 0.5) is 5.82 Å². The standard InChI is InChI=1S/C20H24N4/c1-15-8-6-9-16(14-15)19-22-18-11-5-4-10-17(18)20(23-19)21-12-7-13-24(2)3/h4-6,8-11,14H,7,12-13H2,1-3H3,(H,21,22,23)/p+1. The van der Waals surface area contributed by atoms with Crippen LogP contribution in [0.15, 0.2) is 48.5 Å². The summed E-state index contributed by atoms with van der Waals surface area (Å²) in [7, 11) is 4.35. The highest BCUT2D eigenvalue weighted by atomic mass is 15.1. The molecule has 0 spiro atoms. The molecule has 1 heterocycles. The Morgan fingerprint density at radius 1 is 1.00 bits per heavy atom. The number of nitrogens with zero attached hydrogens (tertiary/aromatic N) is 2. The number of fused-ring (bicyclic) bond motifs is 1. The van der Waals surface area contributed by atoms with E-state index in [1.807, 2.05) is 18.2 Å². The lowest BCUT2D eigenvalue weighted by atomic mass is 10.1. The Morgan fingerprint density at radius 2 is 1.83 bits per heavy atom. The molecule has 3 rings (SSSR count). The van der Waals surface area contributed by atoms with Crippen molar-refractivity contribution in [3.8, 4) is 11.4 Å². The molecule has 0 aliphatic rings. The van der Waals surface area contributed by atoms with Crippen molar-refractivity contribution in [2.75, 3.05) is 32.5 Å². The molecule has 0 fully saturated rings. The van der Waals surface area contributed by atoms with Crippen molar-refractivity contribution in [2.24, 2.45) is 0 Å². The fourth-order valence-electron chi connectivity index (χ4n) is 2.77. The first-order valence-electron chi connectivity index (χ1n) is 8.50. The summed E-state index contributed by atoms with van der Waals surface area (Å²) in [6.45, 7) is 4.15. The summed E-state index contributed by atoms with van der Waals surface area (Å²) < 4.78 is 0. The van der Waals surface area contributed by atoms with Gasteiger partial charge in [-0.25, -0.2) is 9.97 Å². The molecule has 0 atom stereocenters. The molecular weight excluding hydrogens is 296 g/mol. The van der Waals surface area contributed by atoms with Crippen LogP contribution in [0.1, 0.15) is 12.0 Å². The molecule has 0 aliphatic carbocycles. The van der Waals surface area contributed by atoms with Crippen LogP contribution in [0.3, 0.4) is 0 Å². The predicted octanol–water partition coefficient (Wildman–Crippen LogP) is 2.55. The van der Waals surface area contributed by atoms with E-state index in [1.165, 1.54) is 10.5 Å². The lowest BCUT2D eigenvalue weighted by Crippen LogP contribution is -3.05. The molecule has 4 nitrogen and oxygen atoms in total. The minimum atomic E-state index is 0.776. The molecule has 24 heavy (non-hydrogen) atoms. The third kappa shape index (κ3) is 3.89. The molecule has 1 aromatic heterocycles. The number of anilines is 1. The highest BCUT2D eigenvalue weighted by Gasteiger charge is 2.09. The fourth-order valence-corrected chi connectivity index (χ4v) is 2.77. The van der Waals surface area contributed by atoms with E-state index < -0.39 is 0 Å². The maximum Gasteiger partial charge on any atom is 0.162 e. The first-order valence-corrected chi connectivity index (χ1v) is 8.50. The van der Waals surface area contributed by atoms with Gasteiger partial charge in [-0.05, 0) is 25.1 Å². The van der Waals surface area contributed by atoms with Gasteiger partial charge < -0.3 is 10.2 Å². The second-order valence-corrected chi connectivity index (χ2v) is 6.52. The SMILES string of the molecule is Cc1cccc(-c2nc(NCCC[NH+](C)C)c3ccccc3n2)c1. The number of hydrogen-bond acceptors (Lipinski definition) is 3. The second kappa shape index (κ2) is 7.41. The van der Waals surface area contributed by atoms with E-state index in [0.29, 0.717) is 0 Å². The van der Waals surface area contributed by atoms with Gasteiger partial charge >= 0.3 is 0 Å². The number of benzene rings is 2. The van der Waals surface area contributed by atoms with Gasteiger partial charge in [-0.1, -0.05) is 35.9 Å². The Hall–Kier alpha value is -2.46. The molecule has 3 aromatic rings. The summed E-state index contributed by atoms with van der Waals surface area (Å²) in [5, 5.41) is 4.58. The van der Waals surface area contributed by atoms with Gasteiger partial charge in [-0.2, -0.15) is 0 Å². The summed E-state index contributed by atoms with van der Waals surface area (Å²) in [5.41, 5.74) is 3.25. The Kier molecular flexibility index (Phi) is 5.06. The molecule has 0 unspecified atom stereocenters. The van der Waals surface area contributed by atoms with E-state index >= 15 is 0 Å². The zero-order valence-corrected chi connectivity index (χ0v) is 14.6. The molecule has 0 saturated heterocycles. The number of aromatic nitrogens is 2. The first kappa shape index (κ1) is 16.4. The zero-order chi connectivity index (χ0) is 16.9. The smallest absolute Gasteiger partial charge is 0.162 e. The molecule has 0 radical (unpaired) electrons. The Bertz CT molecular complexity index is 827. The molecular formula is C20H25N4+. The van der Waals surface area contributed by atoms with Gasteiger partial charge in [-0.15, -0.1) is 0 Å². The van der Waals surface area contributed by atoms with Gasteiger partial charge in [-0.3, -0.25) is 0 Å². The molecule has 0 saturated carbocycles. The molecule has 2 N–H and O–H groups in total. The highest BCUT2D eigenvalue weighted by Crippen LogP contribution is 2.25. The van der Waals surface area contributed by atoms with Crippen molar-refractivity contribution in [1.82, 2.24) is 9.97 Å². The van der Waals surface area contributed by atoms with E-state index in [-0.39, 0.29) is 0 Å². The van der Waals surface area contributed by atoms with Gasteiger partial charge in [0.05, 0.1) is 26.2 Å². The molecule has 2 aromatic carbocycles. The summed E-state index contributed by atoms with van der Waals surface area (Å²) >= 11 is 0. The maximum absolute atomic E-state index is 4.80. The Morgan fingerprint density at radius 3 is 2.62 bits per heavy atom. The van der Waals surface area contributed by atoms with Crippen LogP contribution in [0.5, 0.6) is 0 Å². The monoisotopic (exact) mass is 321 g/mol. The maximum atomic E-state index is 4.80. The lowest BCUT2D eigenvalue weighted by molar-refractivity contribution is -0.858. The molecule has 124 valence electrons. The van der Waals surface area contributed by atoms with Crippen LogP contribution >= 0.6 is 0 Å². The zero-order valence-electron chi connectivity index (χ0n) is 14.6. The van der Waals surface area contributed by atoms with Crippen LogP contribution in [0, 0.1) is 6.92 Å². The van der Waals surface area contributed by atoms with Crippen molar-refractivity contribution in [3.63, 3.8) is 0 Å². The van der Waals surface area contributed by atoms with E-state index in [1.54, 1.807) is 0 Å². The van der Waals surface area contributed by atoms with Crippen LogP contribution in [0.25, 0.3) is 22.3 Å². The van der Waals surface area contributed by atoms with Crippen LogP contribution in [0.2, 0.25) is 0 Å². The number of rotatable bonds is 6. The quantitative estimate of drug-likeness (QED) is 0.686. The van der Waals surface area contributed by atoms with Gasteiger partial charge in [0.1, 0.15) is 5.82 Å². The number of quaternary nitrogens is 1. The predicted molar refractivity (Wildman–Crippen MR) is 100 cm³/mol. The number of para-hydroxylation sites is 1. The third-order valence-electron chi connectivity index (χ3n) is 4.03. The summed E-state index contributed by atoms with van der Waals surface area (Å²) in [4.78, 5) is 11.0. The minimum absolute atomic E-state index is 0.776. The molecule has 0 amide bonds. The van der Waals surface area contributed by atoms with Crippen molar-refractivity contribution in [1.29, 1.82) is 0 Å². The molecule has 0 aliphatic heterocycles. The summed E-state index contributed by atoms with van der Waals surface area (Å²) in [5.74, 6) is 1.70. The molecule has 4 heteroatoms. The van der Waals surface area contributed by atoms with E-state index in [9.17, 15) is 0 Å². The van der Waals surface area contributed by atoms with Gasteiger partial charge in [0, 0.05) is 23.9 Å². The van der Waals surface area contributed by atoms with E-state index in [4.69, 9.17) is 9.97 Å². The second-order valence-electron chi connectivity index (χ2n) is 6.52. The normalized spacial score (nSPS) is 11.2. The van der Waals surface area contributed by atoms with Crippen LogP contribution in [-0.4, -0.2) is 37.2 Å². The minimum Gasteiger partial charge on any atom is -0.369 e. The van der Waals surface area contributed by atoms with Crippen molar-refractivity contribution >= 4 is 16.7 Å². The first-order chi connectivity index (χ1) is 11.6. The van der Waals surface area contributed by atoms with Crippen molar-refractivity contribution < 1.29 is 4.90 Å². The summed E-state index contributed by atoms with van der Waals surface area (Å²) in [6, 6.07) is 16.5. The lowest BCUT2D eigenvalue weighted by Gasteiger charge is -2.12. The van der Waals surface area contributed by atoms with Crippen molar-refractivity contribution in [2.45, 2.75) is 13.3 Å². The van der Waals surface area contributed by atoms with Crippen LogP contribution in [-0.2, 0) is 0 Å². The Labute approximate surface area is 143 Å². The average Bonchev–Trinajstić information content (AvgIpc) is 2.58. The summed E-state index contributed by atoms with van der Waals surface area (Å²) in [6.07, 6.45) is 1.11. The number of hydrogen-bond donors (Lipinski definition) is 2. The van der Waals surface area contributed by atoms with E-state index in [0.717, 1.165) is 47.6 Å². The highest BCUT2D eigenvalue weighted by molar-refractivity contribution is 5.90. The van der Waals surface area contributed by atoms with Crippen LogP contribution < -0.4 is 10.2 Å². The van der Waals surface area contributed by atoms with E-state index in [2.05, 4.69) is 56.7 Å². The average molecular weight is 321 g/mol. The van der Waals surface area contributed by atoms with Gasteiger partial charge in [0.15, 0.2) is 5.82 Å². The fraction of sp³-hybridized carbons (Fsp3) is 0.300. The van der Waals surface area contributed by atoms with Gasteiger partial charge in [0.25, 0.3) is 0 Å². The number of nitrogens with one attached hydrogen (secondary N) is 2. The Balaban J connectivity index is 1.94. The molecule has 0 bridgehead atoms. The van der Waals surface area contributed by atoms with Crippen molar-refractivity contribution in [3.05, 3.63) is 54.1 Å². The largest absolute Gasteiger partial charge is 0.369 e. The topological polar surface area (TPSA) is 42.2 Å².